The molecule has 0 fully saturated rings. The fourth-order valence-corrected chi connectivity index (χ4v) is 2.36. The number of phenols is 1. The largest absolute Gasteiger partial charge is 0.507 e. The summed E-state index contributed by atoms with van der Waals surface area (Å²) in [6.45, 7) is 6.46. The van der Waals surface area contributed by atoms with Crippen LogP contribution in [0.15, 0.2) is 18.7 Å². The second kappa shape index (κ2) is 5.05. The predicted octanol–water partition coefficient (Wildman–Crippen LogP) is 2.60. The molecule has 2 aromatic heterocycles. The summed E-state index contributed by atoms with van der Waals surface area (Å²) in [6.07, 6.45) is 3.07. The van der Waals surface area contributed by atoms with Gasteiger partial charge in [0.2, 0.25) is 0 Å². The lowest BCUT2D eigenvalue weighted by molar-refractivity contribution is 0.464. The van der Waals surface area contributed by atoms with Crippen LogP contribution in [0, 0.1) is 20.8 Å². The molecule has 0 unspecified atom stereocenters. The molecule has 3 rings (SSSR count). The van der Waals surface area contributed by atoms with Crippen molar-refractivity contribution in [3.63, 3.8) is 0 Å². The summed E-state index contributed by atoms with van der Waals surface area (Å²) in [6, 6.07) is 1.99. The quantitative estimate of drug-likeness (QED) is 0.687. The van der Waals surface area contributed by atoms with Crippen molar-refractivity contribution < 1.29 is 5.11 Å². The van der Waals surface area contributed by atoms with Crippen molar-refractivity contribution in [3.8, 4) is 5.75 Å². The average Bonchev–Trinajstić information content (AvgIpc) is 2.96. The van der Waals surface area contributed by atoms with Crippen molar-refractivity contribution in [3.05, 3.63) is 41.0 Å². The van der Waals surface area contributed by atoms with Gasteiger partial charge in [0.25, 0.3) is 0 Å². The van der Waals surface area contributed by atoms with Gasteiger partial charge in [-0.15, -0.1) is 0 Å². The monoisotopic (exact) mass is 283 g/mol. The topological polar surface area (TPSA) is 86.7 Å². The van der Waals surface area contributed by atoms with Crippen LogP contribution in [-0.2, 0) is 6.54 Å². The molecule has 3 N–H and O–H groups in total. The maximum absolute atomic E-state index is 10.3. The number of aryl methyl sites for hydroxylation is 1. The van der Waals surface area contributed by atoms with Crippen LogP contribution in [0.5, 0.6) is 5.75 Å². The fourth-order valence-electron chi connectivity index (χ4n) is 2.36. The Hall–Kier alpha value is -2.63. The minimum Gasteiger partial charge on any atom is -0.507 e. The molecule has 6 nitrogen and oxygen atoms in total. The van der Waals surface area contributed by atoms with Gasteiger partial charge in [0, 0.05) is 12.1 Å². The van der Waals surface area contributed by atoms with E-state index in [9.17, 15) is 5.11 Å². The van der Waals surface area contributed by atoms with E-state index in [1.807, 2.05) is 26.8 Å². The predicted molar refractivity (Wildman–Crippen MR) is 81.3 cm³/mol. The van der Waals surface area contributed by atoms with Crippen molar-refractivity contribution in [1.82, 2.24) is 19.9 Å². The Balaban J connectivity index is 1.90. The molecule has 0 aliphatic carbocycles. The maximum atomic E-state index is 10.3. The van der Waals surface area contributed by atoms with Gasteiger partial charge in [-0.25, -0.2) is 15.0 Å². The highest BCUT2D eigenvalue weighted by Gasteiger charge is 2.11. The molecule has 0 spiro atoms. The van der Waals surface area contributed by atoms with Gasteiger partial charge >= 0.3 is 0 Å². The van der Waals surface area contributed by atoms with Gasteiger partial charge in [-0.05, 0) is 37.5 Å². The van der Waals surface area contributed by atoms with Crippen LogP contribution in [0.2, 0.25) is 0 Å². The number of H-pyrrole nitrogens is 1. The zero-order valence-corrected chi connectivity index (χ0v) is 12.2. The molecule has 0 saturated heterocycles. The van der Waals surface area contributed by atoms with E-state index in [-0.39, 0.29) is 0 Å². The number of rotatable bonds is 3. The van der Waals surface area contributed by atoms with Gasteiger partial charge in [-0.2, -0.15) is 0 Å². The van der Waals surface area contributed by atoms with Crippen LogP contribution in [0.1, 0.15) is 22.3 Å². The molecule has 2 heterocycles. The third kappa shape index (κ3) is 2.29. The first-order valence-corrected chi connectivity index (χ1v) is 6.74. The lowest BCUT2D eigenvalue weighted by atomic mass is 9.99. The third-order valence-corrected chi connectivity index (χ3v) is 3.87. The summed E-state index contributed by atoms with van der Waals surface area (Å²) < 4.78 is 0. The number of anilines is 1. The molecule has 0 radical (unpaired) electrons. The van der Waals surface area contributed by atoms with Crippen molar-refractivity contribution in [2.45, 2.75) is 27.3 Å². The van der Waals surface area contributed by atoms with Crippen molar-refractivity contribution in [1.29, 1.82) is 0 Å². The standard InChI is InChI=1S/C15H17N5O/c1-8-4-11(13(21)10(3)9(8)2)5-16-14-12-15(18-6-17-12)20-7-19-14/h4,6-7,21H,5H2,1-3H3,(H2,16,17,18,19,20). The summed E-state index contributed by atoms with van der Waals surface area (Å²) in [5.74, 6) is 0.981. The summed E-state index contributed by atoms with van der Waals surface area (Å²) in [4.78, 5) is 15.4. The minimum absolute atomic E-state index is 0.331. The highest BCUT2D eigenvalue weighted by atomic mass is 16.3. The molecule has 108 valence electrons. The summed E-state index contributed by atoms with van der Waals surface area (Å²) in [5, 5.41) is 13.5. The number of aromatic nitrogens is 4. The molecule has 0 aliphatic heterocycles. The van der Waals surface area contributed by atoms with Crippen LogP contribution in [0.25, 0.3) is 11.2 Å². The second-order valence-corrected chi connectivity index (χ2v) is 5.13. The lowest BCUT2D eigenvalue weighted by Gasteiger charge is -2.13. The van der Waals surface area contributed by atoms with E-state index < -0.39 is 0 Å². The molecule has 21 heavy (non-hydrogen) atoms. The molecule has 0 saturated carbocycles. The number of phenolic OH excluding ortho intramolecular Hbond substituents is 1. The molecule has 0 aliphatic rings. The van der Waals surface area contributed by atoms with Crippen molar-refractivity contribution in [2.24, 2.45) is 0 Å². The van der Waals surface area contributed by atoms with E-state index in [1.54, 1.807) is 6.33 Å². The van der Waals surface area contributed by atoms with Crippen molar-refractivity contribution in [2.75, 3.05) is 5.32 Å². The van der Waals surface area contributed by atoms with Gasteiger partial charge in [0.15, 0.2) is 11.5 Å². The Bertz CT molecular complexity index is 809. The Morgan fingerprint density at radius 2 is 1.95 bits per heavy atom. The second-order valence-electron chi connectivity index (χ2n) is 5.13. The first kappa shape index (κ1) is 13.4. The molecule has 0 amide bonds. The average molecular weight is 283 g/mol. The molecule has 6 heteroatoms. The number of hydrogen-bond donors (Lipinski definition) is 3. The van der Waals surface area contributed by atoms with Crippen LogP contribution < -0.4 is 5.32 Å². The normalized spacial score (nSPS) is 11.0. The zero-order valence-electron chi connectivity index (χ0n) is 12.2. The SMILES string of the molecule is Cc1cc(CNc2ncnc3[nH]cnc23)c(O)c(C)c1C. The first-order chi connectivity index (χ1) is 10.1. The van der Waals surface area contributed by atoms with E-state index in [2.05, 4.69) is 25.3 Å². The maximum Gasteiger partial charge on any atom is 0.162 e. The molecule has 1 aromatic carbocycles. The number of imidazole rings is 1. The van der Waals surface area contributed by atoms with Gasteiger partial charge < -0.3 is 15.4 Å². The van der Waals surface area contributed by atoms with Gasteiger partial charge in [0.1, 0.15) is 17.6 Å². The Labute approximate surface area is 122 Å². The smallest absolute Gasteiger partial charge is 0.162 e. The number of benzene rings is 1. The number of nitrogens with one attached hydrogen (secondary N) is 2. The fraction of sp³-hybridized carbons (Fsp3) is 0.267. The minimum atomic E-state index is 0.331. The van der Waals surface area contributed by atoms with Crippen molar-refractivity contribution >= 4 is 17.0 Å². The van der Waals surface area contributed by atoms with Crippen LogP contribution >= 0.6 is 0 Å². The van der Waals surface area contributed by atoms with E-state index >= 15 is 0 Å². The van der Waals surface area contributed by atoms with E-state index in [0.29, 0.717) is 29.3 Å². The molecule has 3 aromatic rings. The van der Waals surface area contributed by atoms with Crippen LogP contribution in [-0.4, -0.2) is 25.0 Å². The third-order valence-electron chi connectivity index (χ3n) is 3.87. The number of nitrogens with zero attached hydrogens (tertiary/aromatic N) is 3. The summed E-state index contributed by atoms with van der Waals surface area (Å²) in [7, 11) is 0. The van der Waals surface area contributed by atoms with E-state index in [1.165, 1.54) is 6.33 Å². The first-order valence-electron chi connectivity index (χ1n) is 6.74. The van der Waals surface area contributed by atoms with Crippen LogP contribution in [0.4, 0.5) is 5.82 Å². The number of hydrogen-bond acceptors (Lipinski definition) is 5. The summed E-state index contributed by atoms with van der Waals surface area (Å²) >= 11 is 0. The lowest BCUT2D eigenvalue weighted by Crippen LogP contribution is -2.04. The van der Waals surface area contributed by atoms with Gasteiger partial charge in [-0.1, -0.05) is 6.07 Å². The molecular weight excluding hydrogens is 266 g/mol. The Morgan fingerprint density at radius 3 is 2.76 bits per heavy atom. The Kier molecular flexibility index (Phi) is 3.21. The number of fused-ring (bicyclic) bond motifs is 1. The highest BCUT2D eigenvalue weighted by Crippen LogP contribution is 2.28. The Morgan fingerprint density at radius 1 is 1.14 bits per heavy atom. The number of aromatic amines is 1. The summed E-state index contributed by atoms with van der Waals surface area (Å²) in [5.41, 5.74) is 5.42. The zero-order chi connectivity index (χ0) is 15.0. The highest BCUT2D eigenvalue weighted by molar-refractivity contribution is 5.81. The van der Waals surface area contributed by atoms with Crippen LogP contribution in [0.3, 0.4) is 0 Å². The van der Waals surface area contributed by atoms with E-state index in [0.717, 1.165) is 22.3 Å². The molecule has 0 bridgehead atoms. The molecular formula is C15H17N5O. The van der Waals surface area contributed by atoms with Gasteiger partial charge in [-0.3, -0.25) is 0 Å². The van der Waals surface area contributed by atoms with E-state index in [4.69, 9.17) is 0 Å². The van der Waals surface area contributed by atoms with Gasteiger partial charge in [0.05, 0.1) is 6.33 Å². The molecule has 0 atom stereocenters. The number of aromatic hydroxyl groups is 1.